The van der Waals surface area contributed by atoms with Gasteiger partial charge in [0.25, 0.3) is 0 Å². The summed E-state index contributed by atoms with van der Waals surface area (Å²) in [6.07, 6.45) is 0.495. The van der Waals surface area contributed by atoms with Crippen molar-refractivity contribution >= 4 is 5.91 Å². The van der Waals surface area contributed by atoms with Gasteiger partial charge in [-0.25, -0.2) is 4.39 Å². The lowest BCUT2D eigenvalue weighted by molar-refractivity contribution is -0.132. The highest BCUT2D eigenvalue weighted by atomic mass is 19.1. The zero-order valence-corrected chi connectivity index (χ0v) is 12.1. The van der Waals surface area contributed by atoms with Crippen LogP contribution in [0.25, 0.3) is 0 Å². The van der Waals surface area contributed by atoms with E-state index in [1.165, 1.54) is 13.2 Å². The lowest BCUT2D eigenvalue weighted by Gasteiger charge is -2.29. The van der Waals surface area contributed by atoms with E-state index >= 15 is 0 Å². The van der Waals surface area contributed by atoms with Crippen LogP contribution in [-0.2, 0) is 9.53 Å². The topological polar surface area (TPSA) is 50.8 Å². The van der Waals surface area contributed by atoms with Crippen LogP contribution in [0.2, 0.25) is 0 Å². The second kappa shape index (κ2) is 5.61. The molecule has 2 aliphatic heterocycles. The minimum absolute atomic E-state index is 0.0340. The normalized spacial score (nSPS) is 29.2. The second-order valence-electron chi connectivity index (χ2n) is 5.45. The fourth-order valence-corrected chi connectivity index (χ4v) is 2.98. The molecule has 0 saturated carbocycles. The smallest absolute Gasteiger partial charge is 0.241 e. The second-order valence-corrected chi connectivity index (χ2v) is 5.45. The summed E-state index contributed by atoms with van der Waals surface area (Å²) in [6.45, 7) is 3.02. The SMILES string of the molecule is COc1ccc(C2NC(C)C(=O)N2C2CCOC2)cc1F. The summed E-state index contributed by atoms with van der Waals surface area (Å²) >= 11 is 0. The van der Waals surface area contributed by atoms with E-state index in [2.05, 4.69) is 5.32 Å². The first-order chi connectivity index (χ1) is 10.1. The lowest BCUT2D eigenvalue weighted by Crippen LogP contribution is -2.40. The molecule has 0 radical (unpaired) electrons. The third kappa shape index (κ3) is 2.49. The first-order valence-corrected chi connectivity index (χ1v) is 7.11. The van der Waals surface area contributed by atoms with Crippen LogP contribution >= 0.6 is 0 Å². The van der Waals surface area contributed by atoms with Crippen LogP contribution in [0.3, 0.4) is 0 Å². The summed E-state index contributed by atoms with van der Waals surface area (Å²) in [6, 6.07) is 4.56. The highest BCUT2D eigenvalue weighted by Crippen LogP contribution is 2.32. The van der Waals surface area contributed by atoms with Crippen LogP contribution in [-0.4, -0.2) is 43.2 Å². The molecule has 3 atom stereocenters. The Morgan fingerprint density at radius 1 is 1.48 bits per heavy atom. The fraction of sp³-hybridized carbons (Fsp3) is 0.533. The third-order valence-corrected chi connectivity index (χ3v) is 4.10. The van der Waals surface area contributed by atoms with Gasteiger partial charge in [0.2, 0.25) is 5.91 Å². The molecular weight excluding hydrogens is 275 g/mol. The molecular formula is C15H19FN2O3. The molecule has 5 nitrogen and oxygen atoms in total. The van der Waals surface area contributed by atoms with Gasteiger partial charge in [-0.05, 0) is 31.0 Å². The molecule has 2 saturated heterocycles. The molecule has 0 aliphatic carbocycles. The highest BCUT2D eigenvalue weighted by Gasteiger charge is 2.42. The largest absolute Gasteiger partial charge is 0.494 e. The molecule has 2 heterocycles. The number of halogens is 1. The Hall–Kier alpha value is -1.66. The Balaban J connectivity index is 1.91. The predicted molar refractivity (Wildman–Crippen MR) is 74.4 cm³/mol. The Kier molecular flexibility index (Phi) is 3.82. The van der Waals surface area contributed by atoms with Crippen LogP contribution in [0.5, 0.6) is 5.75 Å². The van der Waals surface area contributed by atoms with Gasteiger partial charge >= 0.3 is 0 Å². The maximum absolute atomic E-state index is 13.9. The molecule has 0 bridgehead atoms. The van der Waals surface area contributed by atoms with Gasteiger partial charge in [0, 0.05) is 6.61 Å². The van der Waals surface area contributed by atoms with Gasteiger partial charge in [0.1, 0.15) is 6.17 Å². The number of nitrogens with zero attached hydrogens (tertiary/aromatic N) is 1. The molecule has 2 aliphatic rings. The molecule has 1 aromatic rings. The van der Waals surface area contributed by atoms with Crippen molar-refractivity contribution in [3.63, 3.8) is 0 Å². The molecule has 114 valence electrons. The molecule has 0 aromatic heterocycles. The van der Waals surface area contributed by atoms with Gasteiger partial charge in [0.15, 0.2) is 11.6 Å². The van der Waals surface area contributed by atoms with Crippen LogP contribution in [0.4, 0.5) is 4.39 Å². The first kappa shape index (κ1) is 14.3. The third-order valence-electron chi connectivity index (χ3n) is 4.10. The van der Waals surface area contributed by atoms with E-state index in [-0.39, 0.29) is 29.9 Å². The Morgan fingerprint density at radius 3 is 2.90 bits per heavy atom. The molecule has 2 fully saturated rings. The summed E-state index contributed by atoms with van der Waals surface area (Å²) in [5.74, 6) is -0.190. The summed E-state index contributed by atoms with van der Waals surface area (Å²) in [7, 11) is 1.43. The van der Waals surface area contributed by atoms with Crippen molar-refractivity contribution in [3.8, 4) is 5.75 Å². The molecule has 1 aromatic carbocycles. The zero-order chi connectivity index (χ0) is 15.0. The number of methoxy groups -OCH3 is 1. The standard InChI is InChI=1S/C15H19FN2O3/c1-9-15(19)18(11-5-6-21-8-11)14(17-9)10-3-4-13(20-2)12(16)7-10/h3-4,7,9,11,14,17H,5-6,8H2,1-2H3. The van der Waals surface area contributed by atoms with Gasteiger partial charge in [-0.15, -0.1) is 0 Å². The van der Waals surface area contributed by atoms with E-state index < -0.39 is 5.82 Å². The molecule has 3 unspecified atom stereocenters. The Bertz CT molecular complexity index is 546. The number of carbonyl (C=O) groups excluding carboxylic acids is 1. The van der Waals surface area contributed by atoms with Crippen molar-refractivity contribution in [2.45, 2.75) is 31.6 Å². The molecule has 1 N–H and O–H groups in total. The quantitative estimate of drug-likeness (QED) is 0.916. The molecule has 0 spiro atoms. The van der Waals surface area contributed by atoms with Crippen molar-refractivity contribution in [1.29, 1.82) is 0 Å². The van der Waals surface area contributed by atoms with E-state index in [4.69, 9.17) is 9.47 Å². The first-order valence-electron chi connectivity index (χ1n) is 7.11. The van der Waals surface area contributed by atoms with Crippen molar-refractivity contribution in [2.75, 3.05) is 20.3 Å². The zero-order valence-electron chi connectivity index (χ0n) is 12.1. The average Bonchev–Trinajstić information content (AvgIpc) is 3.08. The minimum atomic E-state index is -0.425. The van der Waals surface area contributed by atoms with Crippen LogP contribution in [0.1, 0.15) is 25.1 Å². The van der Waals surface area contributed by atoms with Gasteiger partial charge in [-0.2, -0.15) is 0 Å². The maximum Gasteiger partial charge on any atom is 0.241 e. The number of benzene rings is 1. The maximum atomic E-state index is 13.9. The van der Waals surface area contributed by atoms with Crippen molar-refractivity contribution in [2.24, 2.45) is 0 Å². The highest BCUT2D eigenvalue weighted by molar-refractivity contribution is 5.84. The number of amides is 1. The molecule has 6 heteroatoms. The van der Waals surface area contributed by atoms with Crippen LogP contribution in [0.15, 0.2) is 18.2 Å². The van der Waals surface area contributed by atoms with Gasteiger partial charge in [-0.1, -0.05) is 6.07 Å². The van der Waals surface area contributed by atoms with Crippen LogP contribution in [0, 0.1) is 5.82 Å². The van der Waals surface area contributed by atoms with E-state index in [0.29, 0.717) is 13.2 Å². The Morgan fingerprint density at radius 2 is 2.29 bits per heavy atom. The minimum Gasteiger partial charge on any atom is -0.494 e. The monoisotopic (exact) mass is 294 g/mol. The average molecular weight is 294 g/mol. The number of nitrogens with one attached hydrogen (secondary N) is 1. The van der Waals surface area contributed by atoms with E-state index in [0.717, 1.165) is 12.0 Å². The van der Waals surface area contributed by atoms with Crippen molar-refractivity contribution < 1.29 is 18.7 Å². The van der Waals surface area contributed by atoms with Gasteiger partial charge in [-0.3, -0.25) is 10.1 Å². The number of hydrogen-bond acceptors (Lipinski definition) is 4. The van der Waals surface area contributed by atoms with E-state index in [1.807, 2.05) is 6.92 Å². The van der Waals surface area contributed by atoms with Crippen molar-refractivity contribution in [1.82, 2.24) is 10.2 Å². The molecule has 3 rings (SSSR count). The summed E-state index contributed by atoms with van der Waals surface area (Å²) in [5, 5.41) is 3.22. The lowest BCUT2D eigenvalue weighted by atomic mass is 10.1. The molecule has 1 amide bonds. The summed E-state index contributed by atoms with van der Waals surface area (Å²) < 4.78 is 24.2. The number of carbonyl (C=O) groups is 1. The van der Waals surface area contributed by atoms with E-state index in [9.17, 15) is 9.18 Å². The number of ether oxygens (including phenoxy) is 2. The van der Waals surface area contributed by atoms with Crippen LogP contribution < -0.4 is 10.1 Å². The van der Waals surface area contributed by atoms with Gasteiger partial charge in [0.05, 0.1) is 25.8 Å². The Labute approximate surface area is 123 Å². The van der Waals surface area contributed by atoms with Gasteiger partial charge < -0.3 is 14.4 Å². The molecule has 21 heavy (non-hydrogen) atoms. The summed E-state index contributed by atoms with van der Waals surface area (Å²) in [5.41, 5.74) is 0.720. The fourth-order valence-electron chi connectivity index (χ4n) is 2.98. The van der Waals surface area contributed by atoms with Crippen molar-refractivity contribution in [3.05, 3.63) is 29.6 Å². The predicted octanol–water partition coefficient (Wildman–Crippen LogP) is 1.44. The number of rotatable bonds is 3. The number of hydrogen-bond donors (Lipinski definition) is 1. The summed E-state index contributed by atoms with van der Waals surface area (Å²) in [4.78, 5) is 14.2. The van der Waals surface area contributed by atoms with E-state index in [1.54, 1.807) is 17.0 Å².